The molecule has 0 aliphatic carbocycles. The maximum atomic E-state index is 6.16. The molecule has 3 aromatic rings. The van der Waals surface area contributed by atoms with E-state index in [1.807, 2.05) is 62.8 Å². The average molecular weight is 345 g/mol. The molecular formula is C17H21ClN6. The van der Waals surface area contributed by atoms with Crippen molar-refractivity contribution < 1.29 is 17.0 Å². The molecule has 0 bridgehead atoms. The van der Waals surface area contributed by atoms with E-state index in [1.165, 1.54) is 0 Å². The van der Waals surface area contributed by atoms with E-state index >= 15 is 0 Å². The predicted octanol–water partition coefficient (Wildman–Crippen LogP) is -1.58. The second-order valence-electron chi connectivity index (χ2n) is 5.79. The highest BCUT2D eigenvalue weighted by atomic mass is 35.5. The summed E-state index contributed by atoms with van der Waals surface area (Å²) in [6, 6.07) is 9.83. The topological polar surface area (TPSA) is 86.1 Å². The minimum atomic E-state index is 0. The van der Waals surface area contributed by atoms with Crippen molar-refractivity contribution in [3.63, 3.8) is 0 Å². The number of hydrogen-bond donors (Lipinski definition) is 2. The summed E-state index contributed by atoms with van der Waals surface area (Å²) in [6.45, 7) is 4.01. The third-order valence-electron chi connectivity index (χ3n) is 4.23. The molecule has 0 amide bonds. The number of fused-ring (bicyclic) bond motifs is 1. The highest BCUT2D eigenvalue weighted by molar-refractivity contribution is 5.90. The molecule has 0 fully saturated rings. The number of aryl methyl sites for hydroxylation is 3. The molecule has 0 saturated heterocycles. The Bertz CT molecular complexity index is 964. The van der Waals surface area contributed by atoms with E-state index in [9.17, 15) is 0 Å². The van der Waals surface area contributed by atoms with Crippen LogP contribution in [0.5, 0.6) is 0 Å². The van der Waals surface area contributed by atoms with Crippen LogP contribution in [0.3, 0.4) is 0 Å². The van der Waals surface area contributed by atoms with Crippen molar-refractivity contribution in [1.82, 2.24) is 9.55 Å². The van der Waals surface area contributed by atoms with Gasteiger partial charge in [0, 0.05) is 37.9 Å². The van der Waals surface area contributed by atoms with Gasteiger partial charge in [0.25, 0.3) is 0 Å². The Balaban J connectivity index is 0.00000208. The van der Waals surface area contributed by atoms with Crippen LogP contribution in [0.2, 0.25) is 0 Å². The van der Waals surface area contributed by atoms with E-state index in [1.54, 1.807) is 0 Å². The van der Waals surface area contributed by atoms with Gasteiger partial charge in [0.2, 0.25) is 11.5 Å². The van der Waals surface area contributed by atoms with E-state index in [4.69, 9.17) is 11.5 Å². The van der Waals surface area contributed by atoms with Crippen molar-refractivity contribution in [2.45, 2.75) is 13.8 Å². The number of nitrogen functional groups attached to an aromatic ring is 2. The molecule has 0 radical (unpaired) electrons. The molecule has 4 N–H and O–H groups in total. The lowest BCUT2D eigenvalue weighted by Crippen LogP contribution is -3.00. The van der Waals surface area contributed by atoms with Gasteiger partial charge in [0.15, 0.2) is 11.2 Å². The lowest BCUT2D eigenvalue weighted by Gasteiger charge is -2.07. The summed E-state index contributed by atoms with van der Waals surface area (Å²) in [5.74, 6) is 0.436. The molecule has 126 valence electrons. The van der Waals surface area contributed by atoms with Gasteiger partial charge in [-0.05, 0) is 19.1 Å². The Labute approximate surface area is 146 Å². The summed E-state index contributed by atoms with van der Waals surface area (Å²) in [7, 11) is 3.90. The van der Waals surface area contributed by atoms with Gasteiger partial charge in [-0.1, -0.05) is 0 Å². The normalized spacial score (nSPS) is 11.6. The van der Waals surface area contributed by atoms with Gasteiger partial charge >= 0.3 is 0 Å². The Morgan fingerprint density at radius 3 is 2.50 bits per heavy atom. The van der Waals surface area contributed by atoms with Crippen LogP contribution < -0.4 is 33.9 Å². The van der Waals surface area contributed by atoms with Crippen molar-refractivity contribution in [3.05, 3.63) is 47.2 Å². The Hall–Kier alpha value is -2.60. The number of aromatic nitrogens is 3. The number of halogens is 1. The maximum Gasteiger partial charge on any atom is 0.214 e. The fourth-order valence-corrected chi connectivity index (χ4v) is 2.59. The first kappa shape index (κ1) is 17.7. The zero-order valence-corrected chi connectivity index (χ0v) is 15.0. The molecule has 3 rings (SSSR count). The highest BCUT2D eigenvalue weighted by Crippen LogP contribution is 2.24. The minimum absolute atomic E-state index is 0. The van der Waals surface area contributed by atoms with Gasteiger partial charge in [-0.2, -0.15) is 9.55 Å². The molecule has 0 spiro atoms. The fraction of sp³-hybridized carbons (Fsp3) is 0.235. The smallest absolute Gasteiger partial charge is 0.214 e. The van der Waals surface area contributed by atoms with Crippen molar-refractivity contribution in [1.29, 1.82) is 0 Å². The first-order chi connectivity index (χ1) is 10.9. The van der Waals surface area contributed by atoms with Crippen LogP contribution in [0.4, 0.5) is 17.3 Å². The highest BCUT2D eigenvalue weighted by Gasteiger charge is 2.12. The number of anilines is 2. The SMILES string of the molecule is Cc1cc(=Nc2ccc3c(c2)c(N)cc(C)[n+]3C)nc(N)n1C.[Cl-]. The van der Waals surface area contributed by atoms with Crippen LogP contribution in [-0.4, -0.2) is 9.55 Å². The average Bonchev–Trinajstić information content (AvgIpc) is 2.50. The second kappa shape index (κ2) is 6.49. The third-order valence-corrected chi connectivity index (χ3v) is 4.23. The molecule has 0 aliphatic heterocycles. The van der Waals surface area contributed by atoms with Crippen molar-refractivity contribution in [2.24, 2.45) is 19.1 Å². The van der Waals surface area contributed by atoms with E-state index in [2.05, 4.69) is 14.5 Å². The first-order valence-corrected chi connectivity index (χ1v) is 7.40. The molecule has 2 aromatic heterocycles. The van der Waals surface area contributed by atoms with Gasteiger partial charge in [-0.15, -0.1) is 0 Å². The summed E-state index contributed by atoms with van der Waals surface area (Å²) in [6.07, 6.45) is 0. The quantitative estimate of drug-likeness (QED) is 0.522. The van der Waals surface area contributed by atoms with Crippen molar-refractivity contribution in [2.75, 3.05) is 11.5 Å². The Morgan fingerprint density at radius 2 is 1.83 bits per heavy atom. The van der Waals surface area contributed by atoms with E-state index in [-0.39, 0.29) is 12.4 Å². The zero-order valence-electron chi connectivity index (χ0n) is 14.2. The van der Waals surface area contributed by atoms with Crippen LogP contribution in [-0.2, 0) is 14.1 Å². The monoisotopic (exact) mass is 344 g/mol. The maximum absolute atomic E-state index is 6.16. The summed E-state index contributed by atoms with van der Waals surface area (Å²) in [4.78, 5) is 8.88. The van der Waals surface area contributed by atoms with Crippen LogP contribution in [0.15, 0.2) is 35.3 Å². The molecule has 1 aromatic carbocycles. The molecule has 0 atom stereocenters. The van der Waals surface area contributed by atoms with Gasteiger partial charge in [0.1, 0.15) is 7.05 Å². The number of hydrogen-bond acceptors (Lipinski definition) is 4. The number of nitrogens with two attached hydrogens (primary N) is 2. The lowest BCUT2D eigenvalue weighted by atomic mass is 10.1. The van der Waals surface area contributed by atoms with Crippen molar-refractivity contribution in [3.8, 4) is 0 Å². The number of pyridine rings is 1. The van der Waals surface area contributed by atoms with Crippen LogP contribution in [0, 0.1) is 13.8 Å². The zero-order chi connectivity index (χ0) is 16.7. The number of benzene rings is 1. The van der Waals surface area contributed by atoms with Crippen LogP contribution in [0.25, 0.3) is 10.9 Å². The summed E-state index contributed by atoms with van der Waals surface area (Å²) >= 11 is 0. The number of rotatable bonds is 1. The summed E-state index contributed by atoms with van der Waals surface area (Å²) < 4.78 is 3.93. The van der Waals surface area contributed by atoms with Gasteiger partial charge < -0.3 is 28.4 Å². The summed E-state index contributed by atoms with van der Waals surface area (Å²) in [5, 5.41) is 0.977. The predicted molar refractivity (Wildman–Crippen MR) is 91.9 cm³/mol. The molecule has 24 heavy (non-hydrogen) atoms. The van der Waals surface area contributed by atoms with E-state index in [0.29, 0.717) is 11.4 Å². The molecule has 7 heteroatoms. The molecule has 2 heterocycles. The summed E-state index contributed by atoms with van der Waals surface area (Å²) in [5.41, 5.74) is 17.4. The molecule has 6 nitrogen and oxygen atoms in total. The number of nitrogens with zero attached hydrogens (tertiary/aromatic N) is 4. The van der Waals surface area contributed by atoms with Crippen LogP contribution >= 0.6 is 0 Å². The van der Waals surface area contributed by atoms with Crippen molar-refractivity contribution >= 4 is 28.2 Å². The standard InChI is InChI=1S/C17H20N6.ClH/c1-10-7-14(18)13-9-12(5-6-15(13)22(10)3)20-16-8-11(2)23(4)17(19)21-16;/h5-9,18H,1-4H3,(H2,19,20,21);1H. The lowest BCUT2D eigenvalue weighted by molar-refractivity contribution is -0.651. The van der Waals surface area contributed by atoms with E-state index in [0.717, 1.165) is 33.7 Å². The molecule has 0 aliphatic rings. The molecule has 0 saturated carbocycles. The molecule has 0 unspecified atom stereocenters. The second-order valence-corrected chi connectivity index (χ2v) is 5.79. The largest absolute Gasteiger partial charge is 1.00 e. The van der Waals surface area contributed by atoms with E-state index < -0.39 is 0 Å². The Kier molecular flexibility index (Phi) is 4.80. The fourth-order valence-electron chi connectivity index (χ4n) is 2.59. The van der Waals surface area contributed by atoms with Gasteiger partial charge in [0.05, 0.1) is 16.8 Å². The minimum Gasteiger partial charge on any atom is -1.00 e. The van der Waals surface area contributed by atoms with Crippen LogP contribution in [0.1, 0.15) is 11.4 Å². The van der Waals surface area contributed by atoms with Gasteiger partial charge in [-0.25, -0.2) is 4.99 Å². The Morgan fingerprint density at radius 1 is 1.12 bits per heavy atom. The van der Waals surface area contributed by atoms with Gasteiger partial charge in [-0.3, -0.25) is 0 Å². The first-order valence-electron chi connectivity index (χ1n) is 7.40. The third kappa shape index (κ3) is 3.05. The molecular weight excluding hydrogens is 324 g/mol.